The summed E-state index contributed by atoms with van der Waals surface area (Å²) < 4.78 is 0. The van der Waals surface area contributed by atoms with Gasteiger partial charge in [-0.15, -0.1) is 0 Å². The molecule has 5 heteroatoms. The topological polar surface area (TPSA) is 74.6 Å². The van der Waals surface area contributed by atoms with Crippen molar-refractivity contribution in [2.45, 2.75) is 17.9 Å². The molecule has 0 bridgehead atoms. The number of carboxylic acid groups (broad SMARTS) is 2. The predicted molar refractivity (Wildman–Crippen MR) is 45.3 cm³/mol. The molecule has 0 unspecified atom stereocenters. The summed E-state index contributed by atoms with van der Waals surface area (Å²) in [5, 5.41) is 16.9. The minimum absolute atomic E-state index is 0.296. The molecule has 0 radical (unpaired) electrons. The van der Waals surface area contributed by atoms with Crippen molar-refractivity contribution in [3.05, 3.63) is 12.7 Å². The van der Waals surface area contributed by atoms with Gasteiger partial charge in [0.25, 0.3) is 0 Å². The predicted octanol–water partition coefficient (Wildman–Crippen LogP) is 0.695. The van der Waals surface area contributed by atoms with Crippen LogP contribution in [0.25, 0.3) is 0 Å². The van der Waals surface area contributed by atoms with Crippen LogP contribution >= 0.6 is 0 Å². The second-order valence-electron chi connectivity index (χ2n) is 1.98. The molecule has 0 fully saturated rings. The fourth-order valence-electron chi connectivity index (χ4n) is 0.214. The van der Waals surface area contributed by atoms with Gasteiger partial charge in [-0.2, -0.15) is 0 Å². The molecular weight excluding hydrogens is 155 g/mol. The summed E-state index contributed by atoms with van der Waals surface area (Å²) >= 11 is 2.06. The Hall–Kier alpha value is -0.723. The Kier molecular flexibility index (Phi) is 11.9. The first-order valence-corrected chi connectivity index (χ1v) is 3.59. The average molecular weight is 166 g/mol. The Morgan fingerprint density at radius 1 is 1.25 bits per heavy atom. The van der Waals surface area contributed by atoms with Crippen molar-refractivity contribution in [2.24, 2.45) is 0 Å². The molecule has 0 heterocycles. The van der Waals surface area contributed by atoms with E-state index in [1.165, 1.54) is 0 Å². The van der Waals surface area contributed by atoms with Gasteiger partial charge in [-0.25, -0.2) is 0 Å². The molecular formula is C7H11LiO4. The van der Waals surface area contributed by atoms with Gasteiger partial charge in [0.15, 0.2) is 0 Å². The molecule has 0 atom stereocenters. The monoisotopic (exact) mass is 166 g/mol. The molecule has 0 aliphatic rings. The molecule has 12 heavy (non-hydrogen) atoms. The van der Waals surface area contributed by atoms with Crippen molar-refractivity contribution in [3.8, 4) is 0 Å². The third kappa shape index (κ3) is 22.8. The van der Waals surface area contributed by atoms with Gasteiger partial charge in [0.2, 0.25) is 0 Å². The van der Waals surface area contributed by atoms with E-state index >= 15 is 0 Å². The van der Waals surface area contributed by atoms with Crippen LogP contribution in [0, 0.1) is 0 Å². The van der Waals surface area contributed by atoms with E-state index in [4.69, 9.17) is 10.2 Å². The third-order valence-electron chi connectivity index (χ3n) is 0.841. The van der Waals surface area contributed by atoms with E-state index < -0.39 is 11.9 Å². The van der Waals surface area contributed by atoms with Gasteiger partial charge in [0.1, 0.15) is 0 Å². The van der Waals surface area contributed by atoms with Gasteiger partial charge in [0.05, 0.1) is 12.8 Å². The first-order chi connectivity index (χ1) is 5.54. The van der Waals surface area contributed by atoms with E-state index in [0.717, 1.165) is 5.09 Å². The van der Waals surface area contributed by atoms with E-state index in [9.17, 15) is 9.59 Å². The Labute approximate surface area is 80.5 Å². The molecule has 0 aliphatic heterocycles. The Morgan fingerprint density at radius 2 is 1.50 bits per heavy atom. The Bertz CT molecular complexity index is 141. The molecule has 0 saturated carbocycles. The number of carbonyl (C=O) groups is 2. The van der Waals surface area contributed by atoms with E-state index in [1.807, 2.05) is 6.08 Å². The molecule has 0 aromatic rings. The van der Waals surface area contributed by atoms with Crippen LogP contribution in [0.15, 0.2) is 12.7 Å². The van der Waals surface area contributed by atoms with Crippen LogP contribution in [-0.2, 0) is 9.59 Å². The number of carboxylic acids is 2. The zero-order valence-corrected chi connectivity index (χ0v) is 7.12. The fraction of sp³-hybridized carbons (Fsp3) is 0.429. The fourth-order valence-corrected chi connectivity index (χ4v) is 0.214. The molecule has 64 valence electrons. The van der Waals surface area contributed by atoms with E-state index in [1.54, 1.807) is 0 Å². The number of rotatable bonds is 4. The normalized spacial score (nSPS) is 7.83. The molecule has 2 N–H and O–H groups in total. The SMILES string of the molecule is O=C(O)CCC(=O)O.[Li][CH2]C=C. The first-order valence-electron chi connectivity index (χ1n) is 3.59. The van der Waals surface area contributed by atoms with Crippen molar-refractivity contribution in [3.63, 3.8) is 0 Å². The van der Waals surface area contributed by atoms with Crippen LogP contribution in [0.5, 0.6) is 0 Å². The standard InChI is InChI=1S/C4H6O4.C3H5.Li/c5-3(6)1-2-4(7)8;1-3-2;/h1-2H2,(H,5,6)(H,7,8);3H,1-2H2;. The number of hydrogen-bond donors (Lipinski definition) is 2. The third-order valence-corrected chi connectivity index (χ3v) is 0.841. The number of hydrogen-bond acceptors (Lipinski definition) is 2. The molecule has 0 aromatic carbocycles. The second kappa shape index (κ2) is 10.3. The summed E-state index contributed by atoms with van der Waals surface area (Å²) in [6.07, 6.45) is 1.28. The zero-order chi connectivity index (χ0) is 9.98. The van der Waals surface area contributed by atoms with Crippen LogP contribution in [-0.4, -0.2) is 39.9 Å². The molecule has 0 rings (SSSR count). The second-order valence-corrected chi connectivity index (χ2v) is 1.98. The van der Waals surface area contributed by atoms with E-state index in [-0.39, 0.29) is 12.8 Å². The summed E-state index contributed by atoms with van der Waals surface area (Å²) in [6, 6.07) is 0. The van der Waals surface area contributed by atoms with Gasteiger partial charge in [0, 0.05) is 0 Å². The van der Waals surface area contributed by atoms with Crippen molar-refractivity contribution in [1.82, 2.24) is 0 Å². The van der Waals surface area contributed by atoms with E-state index in [2.05, 4.69) is 24.3 Å². The minimum atomic E-state index is -1.08. The van der Waals surface area contributed by atoms with Gasteiger partial charge in [-0.05, 0) is 0 Å². The Balaban J connectivity index is 0. The summed E-state index contributed by atoms with van der Waals surface area (Å²) in [5.41, 5.74) is 0. The maximum absolute atomic E-state index is 9.64. The van der Waals surface area contributed by atoms with Gasteiger partial charge >= 0.3 is 47.4 Å². The molecule has 0 spiro atoms. The van der Waals surface area contributed by atoms with Crippen LogP contribution in [0.4, 0.5) is 0 Å². The van der Waals surface area contributed by atoms with Crippen molar-refractivity contribution in [2.75, 3.05) is 0 Å². The molecule has 0 amide bonds. The van der Waals surface area contributed by atoms with Crippen molar-refractivity contribution in [1.29, 1.82) is 0 Å². The summed E-state index contributed by atoms with van der Waals surface area (Å²) in [4.78, 5) is 19.3. The Morgan fingerprint density at radius 3 is 1.58 bits per heavy atom. The van der Waals surface area contributed by atoms with Crippen LogP contribution < -0.4 is 0 Å². The average Bonchev–Trinajstić information content (AvgIpc) is 2.01. The summed E-state index contributed by atoms with van der Waals surface area (Å²) in [7, 11) is 0. The maximum atomic E-state index is 9.64. The molecule has 0 aromatic heterocycles. The van der Waals surface area contributed by atoms with Gasteiger partial charge < -0.3 is 10.2 Å². The molecule has 0 aliphatic carbocycles. The van der Waals surface area contributed by atoms with Crippen molar-refractivity contribution < 1.29 is 19.8 Å². The number of allylic oxidation sites excluding steroid dienone is 1. The quantitative estimate of drug-likeness (QED) is 0.476. The number of aliphatic carboxylic acids is 2. The molecule has 0 saturated heterocycles. The molecule has 4 nitrogen and oxygen atoms in total. The van der Waals surface area contributed by atoms with Crippen LogP contribution in [0.1, 0.15) is 12.8 Å². The van der Waals surface area contributed by atoms with Gasteiger partial charge in [-0.3, -0.25) is 9.59 Å². The van der Waals surface area contributed by atoms with Crippen LogP contribution in [0.3, 0.4) is 0 Å². The zero-order valence-electron chi connectivity index (χ0n) is 7.12. The summed E-state index contributed by atoms with van der Waals surface area (Å²) in [6.45, 7) is 3.48. The first kappa shape index (κ1) is 13.8. The van der Waals surface area contributed by atoms with E-state index in [0.29, 0.717) is 0 Å². The van der Waals surface area contributed by atoms with Crippen molar-refractivity contribution >= 4 is 29.7 Å². The van der Waals surface area contributed by atoms with Gasteiger partial charge in [-0.1, -0.05) is 0 Å². The summed E-state index contributed by atoms with van der Waals surface area (Å²) in [5.74, 6) is -2.15. The van der Waals surface area contributed by atoms with Crippen LogP contribution in [0.2, 0.25) is 5.09 Å².